The van der Waals surface area contributed by atoms with E-state index in [0.717, 1.165) is 0 Å². The molecule has 0 aromatic heterocycles. The van der Waals surface area contributed by atoms with Gasteiger partial charge in [-0.3, -0.25) is 4.79 Å². The Labute approximate surface area is 85.0 Å². The van der Waals surface area contributed by atoms with Crippen LogP contribution in [-0.2, 0) is 4.79 Å². The third-order valence-corrected chi connectivity index (χ3v) is 3.01. The minimum absolute atomic E-state index is 0.0920. The molecule has 0 spiro atoms. The molecule has 76 valence electrons. The van der Waals surface area contributed by atoms with E-state index in [-0.39, 0.29) is 5.91 Å². The Balaban J connectivity index is 2.22. The molecule has 0 saturated heterocycles. The van der Waals surface area contributed by atoms with Gasteiger partial charge in [0.25, 0.3) is 0 Å². The van der Waals surface area contributed by atoms with Crippen molar-refractivity contribution in [2.75, 3.05) is 5.88 Å². The maximum Gasteiger partial charge on any atom is 0.221 e. The Morgan fingerprint density at radius 3 is 2.69 bits per heavy atom. The number of rotatable bonds is 4. The molecule has 0 heterocycles. The zero-order chi connectivity index (χ0) is 9.68. The van der Waals surface area contributed by atoms with Gasteiger partial charge >= 0.3 is 0 Å². The highest BCUT2D eigenvalue weighted by atomic mass is 35.5. The van der Waals surface area contributed by atoms with Crippen LogP contribution in [0.3, 0.4) is 0 Å². The van der Waals surface area contributed by atoms with Crippen LogP contribution in [0.15, 0.2) is 0 Å². The van der Waals surface area contributed by atoms with Crippen molar-refractivity contribution >= 4 is 17.5 Å². The highest BCUT2D eigenvalue weighted by molar-refractivity contribution is 6.18. The van der Waals surface area contributed by atoms with Gasteiger partial charge in [0.05, 0.1) is 0 Å². The van der Waals surface area contributed by atoms with Crippen LogP contribution in [-0.4, -0.2) is 17.8 Å². The van der Waals surface area contributed by atoms with Crippen LogP contribution in [0.4, 0.5) is 0 Å². The number of hydrogen-bond donors (Lipinski definition) is 1. The van der Waals surface area contributed by atoms with Crippen LogP contribution in [0.5, 0.6) is 0 Å². The molecule has 1 N–H and O–H groups in total. The lowest BCUT2D eigenvalue weighted by atomic mass is 10.00. The summed E-state index contributed by atoms with van der Waals surface area (Å²) in [4.78, 5) is 11.2. The van der Waals surface area contributed by atoms with E-state index in [0.29, 0.717) is 24.3 Å². The Bertz CT molecular complexity index is 166. The van der Waals surface area contributed by atoms with Crippen molar-refractivity contribution in [3.63, 3.8) is 0 Å². The summed E-state index contributed by atoms with van der Waals surface area (Å²) in [7, 11) is 0. The fraction of sp³-hybridized carbons (Fsp3) is 0.900. The second-order valence-corrected chi connectivity index (χ2v) is 4.22. The van der Waals surface area contributed by atoms with Gasteiger partial charge in [0.15, 0.2) is 0 Å². The predicted octanol–water partition coefficient (Wildman–Crippen LogP) is 2.31. The highest BCUT2D eigenvalue weighted by Gasteiger charge is 2.22. The first-order chi connectivity index (χ1) is 6.24. The molecule has 13 heavy (non-hydrogen) atoms. The van der Waals surface area contributed by atoms with Crippen LogP contribution in [0.1, 0.15) is 39.0 Å². The number of hydrogen-bond acceptors (Lipinski definition) is 1. The molecule has 1 aliphatic carbocycles. The van der Waals surface area contributed by atoms with Crippen molar-refractivity contribution in [2.45, 2.75) is 45.1 Å². The monoisotopic (exact) mass is 203 g/mol. The molecule has 0 bridgehead atoms. The van der Waals surface area contributed by atoms with Gasteiger partial charge in [-0.05, 0) is 25.7 Å². The lowest BCUT2D eigenvalue weighted by Gasteiger charge is -2.19. The van der Waals surface area contributed by atoms with Crippen molar-refractivity contribution in [1.82, 2.24) is 5.32 Å². The smallest absolute Gasteiger partial charge is 0.221 e. The highest BCUT2D eigenvalue weighted by Crippen LogP contribution is 2.27. The quantitative estimate of drug-likeness (QED) is 0.699. The summed E-state index contributed by atoms with van der Waals surface area (Å²) in [6, 6.07) is 0.332. The molecule has 1 saturated carbocycles. The summed E-state index contributed by atoms with van der Waals surface area (Å²) >= 11 is 5.48. The molecule has 0 aliphatic heterocycles. The third kappa shape index (κ3) is 3.55. The van der Waals surface area contributed by atoms with E-state index in [9.17, 15) is 4.79 Å². The zero-order valence-corrected chi connectivity index (χ0v) is 8.94. The van der Waals surface area contributed by atoms with E-state index in [1.165, 1.54) is 25.7 Å². The maximum absolute atomic E-state index is 11.2. The number of alkyl halides is 1. The van der Waals surface area contributed by atoms with Gasteiger partial charge in [0, 0.05) is 18.3 Å². The summed E-state index contributed by atoms with van der Waals surface area (Å²) in [6.45, 7) is 2.10. The first-order valence-electron chi connectivity index (χ1n) is 5.09. The van der Waals surface area contributed by atoms with Crippen LogP contribution in [0, 0.1) is 5.92 Å². The number of carbonyl (C=O) groups excluding carboxylic acids is 1. The Morgan fingerprint density at radius 1 is 1.54 bits per heavy atom. The van der Waals surface area contributed by atoms with Crippen molar-refractivity contribution in [2.24, 2.45) is 5.92 Å². The Kier molecular flexibility index (Phi) is 4.57. The van der Waals surface area contributed by atoms with Crippen molar-refractivity contribution in [3.8, 4) is 0 Å². The lowest BCUT2D eigenvalue weighted by molar-refractivity contribution is -0.121. The van der Waals surface area contributed by atoms with Gasteiger partial charge in [0.1, 0.15) is 0 Å². The average Bonchev–Trinajstić information content (AvgIpc) is 2.55. The van der Waals surface area contributed by atoms with Crippen LogP contribution in [0.25, 0.3) is 0 Å². The molecule has 1 amide bonds. The molecule has 0 aromatic rings. The molecule has 0 aromatic carbocycles. The van der Waals surface area contributed by atoms with E-state index < -0.39 is 0 Å². The largest absolute Gasteiger partial charge is 0.353 e. The topological polar surface area (TPSA) is 29.1 Å². The molecule has 1 atom stereocenters. The van der Waals surface area contributed by atoms with Crippen molar-refractivity contribution < 1.29 is 4.79 Å². The summed E-state index contributed by atoms with van der Waals surface area (Å²) < 4.78 is 0. The van der Waals surface area contributed by atoms with Crippen molar-refractivity contribution in [3.05, 3.63) is 0 Å². The Hall–Kier alpha value is -0.240. The molecule has 0 unspecified atom stereocenters. The molecule has 1 fully saturated rings. The standard InChI is InChI=1S/C10H18ClNO/c1-8(9-4-2-3-5-9)12-10(13)6-7-11/h8-9H,2-7H2,1H3,(H,12,13)/t8-/m1/s1. The molecule has 2 nitrogen and oxygen atoms in total. The van der Waals surface area contributed by atoms with Gasteiger partial charge in [0.2, 0.25) is 5.91 Å². The van der Waals surface area contributed by atoms with Crippen LogP contribution >= 0.6 is 11.6 Å². The van der Waals surface area contributed by atoms with E-state index in [2.05, 4.69) is 12.2 Å². The molecule has 0 radical (unpaired) electrons. The number of halogens is 1. The maximum atomic E-state index is 11.2. The van der Waals surface area contributed by atoms with Gasteiger partial charge < -0.3 is 5.32 Å². The third-order valence-electron chi connectivity index (χ3n) is 2.82. The van der Waals surface area contributed by atoms with E-state index in [1.807, 2.05) is 0 Å². The second kappa shape index (κ2) is 5.48. The second-order valence-electron chi connectivity index (χ2n) is 3.84. The summed E-state index contributed by atoms with van der Waals surface area (Å²) in [6.07, 6.45) is 5.62. The number of amides is 1. The number of carbonyl (C=O) groups is 1. The summed E-state index contributed by atoms with van der Waals surface area (Å²) in [5, 5.41) is 3.00. The fourth-order valence-electron chi connectivity index (χ4n) is 1.99. The fourth-order valence-corrected chi connectivity index (χ4v) is 2.16. The van der Waals surface area contributed by atoms with Gasteiger partial charge in [-0.15, -0.1) is 11.6 Å². The minimum atomic E-state index is 0.0920. The molecule has 3 heteroatoms. The van der Waals surface area contributed by atoms with Gasteiger partial charge in [-0.2, -0.15) is 0 Å². The normalized spacial score (nSPS) is 20.2. The lowest BCUT2D eigenvalue weighted by Crippen LogP contribution is -2.37. The molecule has 1 rings (SSSR count). The van der Waals surface area contributed by atoms with E-state index in [1.54, 1.807) is 0 Å². The molecular weight excluding hydrogens is 186 g/mol. The average molecular weight is 204 g/mol. The Morgan fingerprint density at radius 2 is 2.15 bits per heavy atom. The zero-order valence-electron chi connectivity index (χ0n) is 8.18. The molecular formula is C10H18ClNO. The summed E-state index contributed by atoms with van der Waals surface area (Å²) in [5.74, 6) is 1.21. The minimum Gasteiger partial charge on any atom is -0.353 e. The van der Waals surface area contributed by atoms with Gasteiger partial charge in [-0.25, -0.2) is 0 Å². The van der Waals surface area contributed by atoms with E-state index >= 15 is 0 Å². The first kappa shape index (κ1) is 10.8. The van der Waals surface area contributed by atoms with Crippen LogP contribution in [0.2, 0.25) is 0 Å². The van der Waals surface area contributed by atoms with E-state index in [4.69, 9.17) is 11.6 Å². The van der Waals surface area contributed by atoms with Crippen molar-refractivity contribution in [1.29, 1.82) is 0 Å². The SMILES string of the molecule is C[C@@H](NC(=O)CCCl)C1CCCC1. The first-order valence-corrected chi connectivity index (χ1v) is 5.63. The summed E-state index contributed by atoms with van der Waals surface area (Å²) in [5.41, 5.74) is 0. The predicted molar refractivity (Wildman–Crippen MR) is 54.9 cm³/mol. The molecule has 1 aliphatic rings. The number of nitrogens with one attached hydrogen (secondary N) is 1. The van der Waals surface area contributed by atoms with Gasteiger partial charge in [-0.1, -0.05) is 12.8 Å². The van der Waals surface area contributed by atoms with Crippen LogP contribution < -0.4 is 5.32 Å².